The molecule has 0 unspecified atom stereocenters. The van der Waals surface area contributed by atoms with Crippen LogP contribution in [0.15, 0.2) is 46.7 Å². The molecule has 0 bridgehead atoms. The number of imide groups is 1. The summed E-state index contributed by atoms with van der Waals surface area (Å²) in [5.41, 5.74) is 3.95. The van der Waals surface area contributed by atoms with Gasteiger partial charge in [0.15, 0.2) is 12.1 Å². The Kier molecular flexibility index (Phi) is 5.03. The van der Waals surface area contributed by atoms with Crippen LogP contribution >= 0.6 is 11.6 Å². The summed E-state index contributed by atoms with van der Waals surface area (Å²) in [4.78, 5) is 39.5. The highest BCUT2D eigenvalue weighted by Crippen LogP contribution is 2.32. The second kappa shape index (κ2) is 7.53. The maximum atomic E-state index is 13.0. The van der Waals surface area contributed by atoms with Crippen LogP contribution in [0.3, 0.4) is 0 Å². The van der Waals surface area contributed by atoms with Crippen LogP contribution in [0.4, 0.5) is 11.4 Å². The number of rotatable bonds is 4. The predicted molar refractivity (Wildman–Crippen MR) is 112 cm³/mol. The van der Waals surface area contributed by atoms with Gasteiger partial charge in [0.1, 0.15) is 6.54 Å². The van der Waals surface area contributed by atoms with Crippen LogP contribution < -0.4 is 10.2 Å². The first-order valence-corrected chi connectivity index (χ1v) is 9.82. The Balaban J connectivity index is 1.51. The quantitative estimate of drug-likeness (QED) is 0.761. The molecule has 9 heteroatoms. The van der Waals surface area contributed by atoms with E-state index in [0.29, 0.717) is 16.4 Å². The van der Waals surface area contributed by atoms with E-state index in [9.17, 15) is 14.4 Å². The van der Waals surface area contributed by atoms with Crippen molar-refractivity contribution >= 4 is 40.7 Å². The van der Waals surface area contributed by atoms with Gasteiger partial charge in [-0.05, 0) is 61.7 Å². The standard InChI is InChI=1S/C21H20ClN5O3/c1-11-5-7-15(8-13(11)3)27-20(29)18-19(21(27)30)26(25-24-18)10-17(28)23-16-9-14(22)6-4-12(16)2/h4-9,18-19H,10H2,1-3H3,(H,23,28)/t18-,19-/m1/s1. The number of halogens is 1. The lowest BCUT2D eigenvalue weighted by atomic mass is 10.1. The number of nitrogens with one attached hydrogen (secondary N) is 1. The molecule has 0 spiro atoms. The number of hydrogen-bond donors (Lipinski definition) is 1. The van der Waals surface area contributed by atoms with Gasteiger partial charge in [-0.15, -0.1) is 0 Å². The molecule has 2 aliphatic heterocycles. The van der Waals surface area contributed by atoms with Crippen molar-refractivity contribution in [2.45, 2.75) is 32.9 Å². The van der Waals surface area contributed by atoms with Gasteiger partial charge < -0.3 is 5.32 Å². The highest BCUT2D eigenvalue weighted by Gasteiger charge is 2.55. The number of fused-ring (bicyclic) bond motifs is 1. The Bertz CT molecular complexity index is 1100. The monoisotopic (exact) mass is 425 g/mol. The molecule has 0 radical (unpaired) electrons. The molecule has 8 nitrogen and oxygen atoms in total. The highest BCUT2D eigenvalue weighted by molar-refractivity contribution is 6.31. The summed E-state index contributed by atoms with van der Waals surface area (Å²) in [6, 6.07) is 8.69. The first kappa shape index (κ1) is 20.0. The molecule has 2 aliphatic rings. The molecule has 2 heterocycles. The molecule has 0 saturated carbocycles. The molecule has 1 fully saturated rings. The Morgan fingerprint density at radius 2 is 1.77 bits per heavy atom. The van der Waals surface area contributed by atoms with Crippen molar-refractivity contribution in [2.75, 3.05) is 16.8 Å². The topological polar surface area (TPSA) is 94.4 Å². The normalized spacial score (nSPS) is 20.1. The van der Waals surface area contributed by atoms with Gasteiger partial charge in [-0.25, -0.2) is 4.90 Å². The van der Waals surface area contributed by atoms with Crippen molar-refractivity contribution in [3.8, 4) is 0 Å². The van der Waals surface area contributed by atoms with E-state index >= 15 is 0 Å². The molecule has 0 aromatic heterocycles. The van der Waals surface area contributed by atoms with Crippen molar-refractivity contribution in [3.05, 3.63) is 58.1 Å². The van der Waals surface area contributed by atoms with Gasteiger partial charge in [0.25, 0.3) is 11.8 Å². The summed E-state index contributed by atoms with van der Waals surface area (Å²) in [6.45, 7) is 5.51. The Morgan fingerprint density at radius 3 is 2.50 bits per heavy atom. The van der Waals surface area contributed by atoms with Gasteiger partial charge in [-0.1, -0.05) is 29.0 Å². The summed E-state index contributed by atoms with van der Waals surface area (Å²) in [5, 5.41) is 12.4. The number of carbonyl (C=O) groups excluding carboxylic acids is 3. The van der Waals surface area contributed by atoms with Crippen LogP contribution in [0.2, 0.25) is 5.02 Å². The Hall–Kier alpha value is -3.26. The zero-order chi connectivity index (χ0) is 21.6. The third-order valence-corrected chi connectivity index (χ3v) is 5.62. The van der Waals surface area contributed by atoms with Crippen molar-refractivity contribution < 1.29 is 14.4 Å². The fraction of sp³-hybridized carbons (Fsp3) is 0.286. The summed E-state index contributed by atoms with van der Waals surface area (Å²) >= 11 is 5.99. The smallest absolute Gasteiger partial charge is 0.263 e. The molecular weight excluding hydrogens is 406 g/mol. The fourth-order valence-corrected chi connectivity index (χ4v) is 3.71. The van der Waals surface area contributed by atoms with Gasteiger partial charge in [-0.3, -0.25) is 19.4 Å². The van der Waals surface area contributed by atoms with E-state index in [1.165, 1.54) is 5.01 Å². The van der Waals surface area contributed by atoms with Crippen molar-refractivity contribution in [1.29, 1.82) is 0 Å². The molecule has 1 N–H and O–H groups in total. The van der Waals surface area contributed by atoms with Crippen molar-refractivity contribution in [1.82, 2.24) is 5.01 Å². The second-order valence-corrected chi connectivity index (χ2v) is 7.92. The van der Waals surface area contributed by atoms with E-state index in [-0.39, 0.29) is 12.5 Å². The van der Waals surface area contributed by atoms with Crippen LogP contribution in [-0.2, 0) is 14.4 Å². The zero-order valence-corrected chi connectivity index (χ0v) is 17.5. The van der Waals surface area contributed by atoms with Crippen LogP contribution in [0, 0.1) is 20.8 Å². The first-order chi connectivity index (χ1) is 14.3. The molecule has 30 heavy (non-hydrogen) atoms. The largest absolute Gasteiger partial charge is 0.324 e. The number of benzene rings is 2. The molecule has 0 aliphatic carbocycles. The van der Waals surface area contributed by atoms with E-state index in [0.717, 1.165) is 21.6 Å². The number of nitrogens with zero attached hydrogens (tertiary/aromatic N) is 4. The zero-order valence-electron chi connectivity index (χ0n) is 16.7. The fourth-order valence-electron chi connectivity index (χ4n) is 3.54. The minimum absolute atomic E-state index is 0.212. The van der Waals surface area contributed by atoms with Crippen molar-refractivity contribution in [2.24, 2.45) is 10.3 Å². The SMILES string of the molecule is Cc1ccc(N2C(=O)[C@@H]3N=NN(CC(=O)Nc4cc(Cl)ccc4C)[C@H]3C2=O)cc1C. The number of hydrogen-bond acceptors (Lipinski definition) is 6. The molecule has 2 aromatic rings. The Labute approximate surface area is 178 Å². The van der Waals surface area contributed by atoms with Crippen LogP contribution in [0.1, 0.15) is 16.7 Å². The average molecular weight is 426 g/mol. The predicted octanol–water partition coefficient (Wildman–Crippen LogP) is 3.20. The van der Waals surface area contributed by atoms with Gasteiger partial charge in [0.2, 0.25) is 5.91 Å². The third-order valence-electron chi connectivity index (χ3n) is 5.39. The number of carbonyl (C=O) groups is 3. The molecule has 2 atom stereocenters. The summed E-state index contributed by atoms with van der Waals surface area (Å²) < 4.78 is 0. The van der Waals surface area contributed by atoms with Crippen LogP contribution in [-0.4, -0.2) is 41.4 Å². The molecule has 3 amide bonds. The lowest BCUT2D eigenvalue weighted by molar-refractivity contribution is -0.123. The highest BCUT2D eigenvalue weighted by atomic mass is 35.5. The van der Waals surface area contributed by atoms with Crippen LogP contribution in [0.5, 0.6) is 0 Å². The maximum Gasteiger partial charge on any atom is 0.263 e. The molecule has 2 aromatic carbocycles. The lowest BCUT2D eigenvalue weighted by Gasteiger charge is -2.21. The van der Waals surface area contributed by atoms with E-state index in [4.69, 9.17) is 11.6 Å². The molecule has 154 valence electrons. The lowest BCUT2D eigenvalue weighted by Crippen LogP contribution is -2.43. The minimum Gasteiger partial charge on any atom is -0.324 e. The maximum absolute atomic E-state index is 13.0. The summed E-state index contributed by atoms with van der Waals surface area (Å²) in [6.07, 6.45) is 0. The Morgan fingerprint density at radius 1 is 1.03 bits per heavy atom. The average Bonchev–Trinajstić information content (AvgIpc) is 3.21. The summed E-state index contributed by atoms with van der Waals surface area (Å²) in [7, 11) is 0. The second-order valence-electron chi connectivity index (χ2n) is 7.48. The van der Waals surface area contributed by atoms with Crippen molar-refractivity contribution in [3.63, 3.8) is 0 Å². The number of aryl methyl sites for hydroxylation is 3. The number of amides is 3. The van der Waals surface area contributed by atoms with Gasteiger partial charge >= 0.3 is 0 Å². The first-order valence-electron chi connectivity index (χ1n) is 9.45. The minimum atomic E-state index is -0.945. The molecular formula is C21H20ClN5O3. The van der Waals surface area contributed by atoms with Gasteiger partial charge in [0.05, 0.1) is 5.69 Å². The van der Waals surface area contributed by atoms with E-state index < -0.39 is 23.9 Å². The summed E-state index contributed by atoms with van der Waals surface area (Å²) in [5.74, 6) is -1.26. The third kappa shape index (κ3) is 3.43. The van der Waals surface area contributed by atoms with E-state index in [1.807, 2.05) is 26.8 Å². The molecule has 4 rings (SSSR count). The van der Waals surface area contributed by atoms with Gasteiger partial charge in [-0.2, -0.15) is 5.11 Å². The van der Waals surface area contributed by atoms with Gasteiger partial charge in [0, 0.05) is 10.7 Å². The number of anilines is 2. The van der Waals surface area contributed by atoms with E-state index in [2.05, 4.69) is 15.7 Å². The van der Waals surface area contributed by atoms with Crippen LogP contribution in [0.25, 0.3) is 0 Å². The molecule has 1 saturated heterocycles. The van der Waals surface area contributed by atoms with E-state index in [1.54, 1.807) is 30.3 Å².